The van der Waals surface area contributed by atoms with Crippen LogP contribution in [0.3, 0.4) is 0 Å². The van der Waals surface area contributed by atoms with Crippen LogP contribution in [0.25, 0.3) is 0 Å². The van der Waals surface area contributed by atoms with Gasteiger partial charge in [-0.1, -0.05) is 30.3 Å². The van der Waals surface area contributed by atoms with Crippen LogP contribution >= 0.6 is 27.3 Å². The minimum absolute atomic E-state index is 0.196. The lowest BCUT2D eigenvalue weighted by atomic mass is 10.1. The zero-order chi connectivity index (χ0) is 16.4. The third-order valence-electron chi connectivity index (χ3n) is 4.10. The normalized spacial score (nSPS) is 20.7. The van der Waals surface area contributed by atoms with Crippen LogP contribution in [0.4, 0.5) is 0 Å². The van der Waals surface area contributed by atoms with Crippen LogP contribution in [0.5, 0.6) is 0 Å². The molecule has 1 aromatic carbocycles. The Morgan fingerprint density at radius 2 is 1.91 bits per heavy atom. The maximum Gasteiger partial charge on any atom is 0.252 e. The van der Waals surface area contributed by atoms with Gasteiger partial charge in [0.15, 0.2) is 0 Å². The first-order valence-electron chi connectivity index (χ1n) is 7.50. The van der Waals surface area contributed by atoms with Crippen molar-refractivity contribution in [1.82, 2.24) is 9.21 Å². The number of hydrogen-bond acceptors (Lipinski definition) is 4. The zero-order valence-corrected chi connectivity index (χ0v) is 16.1. The molecule has 0 bridgehead atoms. The van der Waals surface area contributed by atoms with E-state index in [1.807, 2.05) is 18.2 Å². The summed E-state index contributed by atoms with van der Waals surface area (Å²) in [6.07, 6.45) is 0. The largest absolute Gasteiger partial charge is 0.294 e. The quantitative estimate of drug-likeness (QED) is 0.769. The van der Waals surface area contributed by atoms with Gasteiger partial charge >= 0.3 is 0 Å². The van der Waals surface area contributed by atoms with E-state index in [-0.39, 0.29) is 6.04 Å². The van der Waals surface area contributed by atoms with Gasteiger partial charge in [-0.15, -0.1) is 11.3 Å². The van der Waals surface area contributed by atoms with E-state index >= 15 is 0 Å². The van der Waals surface area contributed by atoms with Gasteiger partial charge in [-0.05, 0) is 40.5 Å². The second kappa shape index (κ2) is 7.03. The van der Waals surface area contributed by atoms with Crippen LogP contribution < -0.4 is 0 Å². The summed E-state index contributed by atoms with van der Waals surface area (Å²) in [5.41, 5.74) is 1.26. The summed E-state index contributed by atoms with van der Waals surface area (Å²) < 4.78 is 28.3. The predicted molar refractivity (Wildman–Crippen MR) is 97.1 cm³/mol. The first kappa shape index (κ1) is 17.1. The highest BCUT2D eigenvalue weighted by atomic mass is 79.9. The van der Waals surface area contributed by atoms with E-state index in [2.05, 4.69) is 39.9 Å². The molecule has 1 unspecified atom stereocenters. The van der Waals surface area contributed by atoms with Crippen molar-refractivity contribution >= 4 is 37.3 Å². The minimum atomic E-state index is -3.38. The van der Waals surface area contributed by atoms with Crippen LogP contribution in [0.2, 0.25) is 0 Å². The van der Waals surface area contributed by atoms with Crippen LogP contribution in [0, 0.1) is 0 Å². The van der Waals surface area contributed by atoms with Crippen molar-refractivity contribution in [3.8, 4) is 0 Å². The van der Waals surface area contributed by atoms with Crippen LogP contribution in [-0.4, -0.2) is 43.3 Å². The molecule has 23 heavy (non-hydrogen) atoms. The molecule has 0 amide bonds. The third-order valence-corrected chi connectivity index (χ3v) is 8.06. The van der Waals surface area contributed by atoms with Crippen LogP contribution in [0.1, 0.15) is 12.5 Å². The highest BCUT2D eigenvalue weighted by molar-refractivity contribution is 9.11. The molecule has 124 valence electrons. The first-order valence-corrected chi connectivity index (χ1v) is 10.6. The standard InChI is InChI=1S/C16H19BrN2O2S2/c1-13-11-19(23(20,21)16-8-7-15(17)22-16)10-9-18(13)12-14-5-3-2-4-6-14/h2-8,13H,9-12H2,1H3. The van der Waals surface area contributed by atoms with Crippen molar-refractivity contribution in [2.75, 3.05) is 19.6 Å². The predicted octanol–water partition coefficient (Wildman–Crippen LogP) is 3.41. The molecule has 4 nitrogen and oxygen atoms in total. The SMILES string of the molecule is CC1CN(S(=O)(=O)c2ccc(Br)s2)CCN1Cc1ccccc1. The van der Waals surface area contributed by atoms with Gasteiger partial charge in [-0.2, -0.15) is 4.31 Å². The number of benzene rings is 1. The van der Waals surface area contributed by atoms with Crippen molar-refractivity contribution in [3.05, 3.63) is 51.8 Å². The summed E-state index contributed by atoms with van der Waals surface area (Å²) in [6, 6.07) is 14.0. The lowest BCUT2D eigenvalue weighted by Gasteiger charge is -2.39. The third kappa shape index (κ3) is 3.85. The van der Waals surface area contributed by atoms with Gasteiger partial charge in [0.05, 0.1) is 3.79 Å². The van der Waals surface area contributed by atoms with Gasteiger partial charge in [0.25, 0.3) is 10.0 Å². The lowest BCUT2D eigenvalue weighted by molar-refractivity contribution is 0.122. The Kier molecular flexibility index (Phi) is 5.22. The number of hydrogen-bond donors (Lipinski definition) is 0. The average molecular weight is 415 g/mol. The molecular formula is C16H19BrN2O2S2. The van der Waals surface area contributed by atoms with E-state index < -0.39 is 10.0 Å². The molecule has 7 heteroatoms. The van der Waals surface area contributed by atoms with E-state index in [0.717, 1.165) is 16.9 Å². The summed E-state index contributed by atoms with van der Waals surface area (Å²) in [6.45, 7) is 4.77. The summed E-state index contributed by atoms with van der Waals surface area (Å²) in [5, 5.41) is 0. The summed E-state index contributed by atoms with van der Waals surface area (Å²) in [5.74, 6) is 0. The first-order chi connectivity index (χ1) is 11.0. The minimum Gasteiger partial charge on any atom is -0.294 e. The Balaban J connectivity index is 1.69. The molecule has 0 N–H and O–H groups in total. The highest BCUT2D eigenvalue weighted by Gasteiger charge is 2.32. The van der Waals surface area contributed by atoms with Crippen LogP contribution in [-0.2, 0) is 16.6 Å². The number of sulfonamides is 1. The average Bonchev–Trinajstić information content (AvgIpc) is 2.97. The van der Waals surface area contributed by atoms with E-state index in [4.69, 9.17) is 0 Å². The van der Waals surface area contributed by atoms with E-state index in [1.165, 1.54) is 16.9 Å². The van der Waals surface area contributed by atoms with Crippen molar-refractivity contribution in [2.24, 2.45) is 0 Å². The van der Waals surface area contributed by atoms with E-state index in [1.54, 1.807) is 16.4 Å². The topological polar surface area (TPSA) is 40.6 Å². The van der Waals surface area contributed by atoms with Gasteiger partial charge in [0, 0.05) is 32.2 Å². The lowest BCUT2D eigenvalue weighted by Crippen LogP contribution is -2.52. The molecular weight excluding hydrogens is 396 g/mol. The number of halogens is 1. The maximum absolute atomic E-state index is 12.7. The maximum atomic E-state index is 12.7. The fourth-order valence-corrected chi connectivity index (χ4v) is 6.47. The number of nitrogens with zero attached hydrogens (tertiary/aromatic N) is 2. The molecule has 1 aliphatic heterocycles. The van der Waals surface area contributed by atoms with Crippen molar-refractivity contribution in [1.29, 1.82) is 0 Å². The Bertz CT molecular complexity index is 761. The summed E-state index contributed by atoms with van der Waals surface area (Å²) in [4.78, 5) is 2.34. The molecule has 0 spiro atoms. The van der Waals surface area contributed by atoms with Gasteiger partial charge < -0.3 is 0 Å². The van der Waals surface area contributed by atoms with Crippen LogP contribution in [0.15, 0.2) is 50.5 Å². The van der Waals surface area contributed by atoms with Gasteiger partial charge in [-0.3, -0.25) is 4.90 Å². The molecule has 1 aliphatic rings. The Morgan fingerprint density at radius 3 is 2.52 bits per heavy atom. The highest BCUT2D eigenvalue weighted by Crippen LogP contribution is 2.29. The Labute approximate surface area is 149 Å². The number of thiophene rings is 1. The van der Waals surface area contributed by atoms with Crippen molar-refractivity contribution < 1.29 is 8.42 Å². The second-order valence-corrected chi connectivity index (χ2v) is 10.4. The molecule has 0 saturated carbocycles. The van der Waals surface area contributed by atoms with Crippen molar-refractivity contribution in [3.63, 3.8) is 0 Å². The molecule has 1 atom stereocenters. The molecule has 3 rings (SSSR count). The fraction of sp³-hybridized carbons (Fsp3) is 0.375. The van der Waals surface area contributed by atoms with Gasteiger partial charge in [0.1, 0.15) is 4.21 Å². The van der Waals surface area contributed by atoms with Gasteiger partial charge in [-0.25, -0.2) is 8.42 Å². The molecule has 2 aromatic rings. The van der Waals surface area contributed by atoms with E-state index in [9.17, 15) is 8.42 Å². The molecule has 1 saturated heterocycles. The molecule has 0 aliphatic carbocycles. The Morgan fingerprint density at radius 1 is 1.17 bits per heavy atom. The molecule has 0 radical (unpaired) electrons. The number of piperazine rings is 1. The monoisotopic (exact) mass is 414 g/mol. The molecule has 1 fully saturated rings. The molecule has 2 heterocycles. The van der Waals surface area contributed by atoms with Crippen molar-refractivity contribution in [2.45, 2.75) is 23.7 Å². The van der Waals surface area contributed by atoms with E-state index in [0.29, 0.717) is 17.3 Å². The second-order valence-electron chi connectivity index (χ2n) is 5.73. The number of rotatable bonds is 4. The molecule has 1 aromatic heterocycles. The summed E-state index contributed by atoms with van der Waals surface area (Å²) >= 11 is 4.60. The van der Waals surface area contributed by atoms with Gasteiger partial charge in [0.2, 0.25) is 0 Å². The summed E-state index contributed by atoms with van der Waals surface area (Å²) in [7, 11) is -3.38. The smallest absolute Gasteiger partial charge is 0.252 e. The fourth-order valence-electron chi connectivity index (χ4n) is 2.80. The Hall–Kier alpha value is -0.730. The zero-order valence-electron chi connectivity index (χ0n) is 12.9.